The van der Waals surface area contributed by atoms with Crippen molar-refractivity contribution < 1.29 is 23.1 Å². The average molecular weight is 319 g/mol. The van der Waals surface area contributed by atoms with E-state index in [4.69, 9.17) is 4.74 Å². The summed E-state index contributed by atoms with van der Waals surface area (Å²) in [5, 5.41) is 2.65. The van der Waals surface area contributed by atoms with Gasteiger partial charge in [0, 0.05) is 0 Å². The zero-order valence-corrected chi connectivity index (χ0v) is 12.4. The van der Waals surface area contributed by atoms with E-state index in [9.17, 15) is 18.4 Å². The normalized spacial score (nSPS) is 11.6. The summed E-state index contributed by atoms with van der Waals surface area (Å²) in [6, 6.07) is 11.4. The smallest absolute Gasteiger partial charge is 0.341 e. The second-order valence-electron chi connectivity index (χ2n) is 4.90. The Balaban J connectivity index is 1.89. The van der Waals surface area contributed by atoms with Gasteiger partial charge in [-0.25, -0.2) is 13.6 Å². The van der Waals surface area contributed by atoms with E-state index >= 15 is 0 Å². The molecule has 0 unspecified atom stereocenters. The van der Waals surface area contributed by atoms with Crippen LogP contribution in [0.25, 0.3) is 0 Å². The Morgan fingerprint density at radius 2 is 1.83 bits per heavy atom. The molecule has 2 rings (SSSR count). The van der Waals surface area contributed by atoms with Crippen molar-refractivity contribution in [3.63, 3.8) is 0 Å². The first kappa shape index (κ1) is 16.6. The van der Waals surface area contributed by atoms with Gasteiger partial charge in [-0.3, -0.25) is 4.79 Å². The largest absolute Gasteiger partial charge is 0.452 e. The number of nitrogens with one attached hydrogen (secondary N) is 1. The number of hydrogen-bond acceptors (Lipinski definition) is 3. The molecule has 0 aliphatic heterocycles. The van der Waals surface area contributed by atoms with E-state index < -0.39 is 35.7 Å². The molecule has 0 heterocycles. The number of hydrogen-bond donors (Lipinski definition) is 1. The molecule has 0 radical (unpaired) electrons. The van der Waals surface area contributed by atoms with E-state index in [-0.39, 0.29) is 6.04 Å². The van der Waals surface area contributed by atoms with Gasteiger partial charge in [-0.1, -0.05) is 30.3 Å². The van der Waals surface area contributed by atoms with Crippen LogP contribution in [0.15, 0.2) is 48.5 Å². The van der Waals surface area contributed by atoms with Crippen molar-refractivity contribution in [1.29, 1.82) is 0 Å². The molecule has 0 fully saturated rings. The molecular formula is C17H15F2NO3. The summed E-state index contributed by atoms with van der Waals surface area (Å²) in [6.45, 7) is 1.20. The second-order valence-corrected chi connectivity index (χ2v) is 4.90. The van der Waals surface area contributed by atoms with E-state index in [1.807, 2.05) is 30.3 Å². The highest BCUT2D eigenvalue weighted by atomic mass is 19.1. The molecular weight excluding hydrogens is 304 g/mol. The van der Waals surface area contributed by atoms with Crippen molar-refractivity contribution >= 4 is 11.9 Å². The van der Waals surface area contributed by atoms with E-state index in [0.717, 1.165) is 23.8 Å². The van der Waals surface area contributed by atoms with Crippen LogP contribution in [0.4, 0.5) is 8.78 Å². The van der Waals surface area contributed by atoms with Gasteiger partial charge in [-0.2, -0.15) is 0 Å². The fraction of sp³-hybridized carbons (Fsp3) is 0.176. The summed E-state index contributed by atoms with van der Waals surface area (Å²) in [5.74, 6) is -3.30. The molecule has 23 heavy (non-hydrogen) atoms. The topological polar surface area (TPSA) is 55.4 Å². The van der Waals surface area contributed by atoms with E-state index in [0.29, 0.717) is 0 Å². The summed E-state index contributed by atoms with van der Waals surface area (Å²) < 4.78 is 31.1. The Morgan fingerprint density at radius 1 is 1.13 bits per heavy atom. The molecule has 0 spiro atoms. The SMILES string of the molecule is C[C@H](NC(=O)COC(=O)c1cc(F)ccc1F)c1ccccc1. The average Bonchev–Trinajstić information content (AvgIpc) is 2.55. The fourth-order valence-electron chi connectivity index (χ4n) is 1.97. The van der Waals surface area contributed by atoms with E-state index in [1.54, 1.807) is 6.92 Å². The molecule has 2 aromatic rings. The van der Waals surface area contributed by atoms with Gasteiger partial charge in [0.15, 0.2) is 6.61 Å². The van der Waals surface area contributed by atoms with Gasteiger partial charge in [0.05, 0.1) is 11.6 Å². The summed E-state index contributed by atoms with van der Waals surface area (Å²) in [4.78, 5) is 23.4. The van der Waals surface area contributed by atoms with Gasteiger partial charge in [0.2, 0.25) is 0 Å². The first-order valence-electron chi connectivity index (χ1n) is 6.94. The van der Waals surface area contributed by atoms with Gasteiger partial charge in [0.25, 0.3) is 5.91 Å². The number of amides is 1. The minimum absolute atomic E-state index is 0.270. The second kappa shape index (κ2) is 7.49. The van der Waals surface area contributed by atoms with Crippen molar-refractivity contribution in [2.24, 2.45) is 0 Å². The molecule has 1 amide bonds. The predicted octanol–water partition coefficient (Wildman–Crippen LogP) is 3.00. The van der Waals surface area contributed by atoms with Crippen LogP contribution in [0.2, 0.25) is 0 Å². The third-order valence-electron chi connectivity index (χ3n) is 3.16. The molecule has 0 saturated carbocycles. The van der Waals surface area contributed by atoms with Crippen molar-refractivity contribution in [3.05, 3.63) is 71.3 Å². The third kappa shape index (κ3) is 4.60. The van der Waals surface area contributed by atoms with Crippen molar-refractivity contribution in [2.75, 3.05) is 6.61 Å². The van der Waals surface area contributed by atoms with E-state index in [1.165, 1.54) is 0 Å². The lowest BCUT2D eigenvalue weighted by Gasteiger charge is -2.14. The summed E-state index contributed by atoms with van der Waals surface area (Å²) in [6.07, 6.45) is 0. The predicted molar refractivity (Wildman–Crippen MR) is 79.6 cm³/mol. The Morgan fingerprint density at radius 3 is 2.52 bits per heavy atom. The highest BCUT2D eigenvalue weighted by Gasteiger charge is 2.16. The maximum absolute atomic E-state index is 13.4. The molecule has 120 valence electrons. The zero-order valence-electron chi connectivity index (χ0n) is 12.4. The fourth-order valence-corrected chi connectivity index (χ4v) is 1.97. The zero-order chi connectivity index (χ0) is 16.8. The van der Waals surface area contributed by atoms with Crippen molar-refractivity contribution in [2.45, 2.75) is 13.0 Å². The van der Waals surface area contributed by atoms with Gasteiger partial charge in [-0.15, -0.1) is 0 Å². The molecule has 4 nitrogen and oxygen atoms in total. The molecule has 0 aromatic heterocycles. The number of ether oxygens (including phenoxy) is 1. The van der Waals surface area contributed by atoms with Crippen molar-refractivity contribution in [3.8, 4) is 0 Å². The summed E-state index contributed by atoms with van der Waals surface area (Å²) >= 11 is 0. The Labute approximate surface area is 132 Å². The van der Waals surface area contributed by atoms with Crippen LogP contribution in [0.3, 0.4) is 0 Å². The molecule has 6 heteroatoms. The Hall–Kier alpha value is -2.76. The summed E-state index contributed by atoms with van der Waals surface area (Å²) in [7, 11) is 0. The first-order valence-corrected chi connectivity index (χ1v) is 6.94. The van der Waals surface area contributed by atoms with Crippen LogP contribution in [0.1, 0.15) is 28.9 Å². The monoisotopic (exact) mass is 319 g/mol. The van der Waals surface area contributed by atoms with Crippen LogP contribution in [-0.2, 0) is 9.53 Å². The quantitative estimate of drug-likeness (QED) is 0.862. The number of benzene rings is 2. The molecule has 0 aliphatic rings. The Kier molecular flexibility index (Phi) is 5.41. The molecule has 0 bridgehead atoms. The van der Waals surface area contributed by atoms with Gasteiger partial charge >= 0.3 is 5.97 Å². The van der Waals surface area contributed by atoms with Crippen LogP contribution >= 0.6 is 0 Å². The van der Waals surface area contributed by atoms with Gasteiger partial charge in [-0.05, 0) is 30.7 Å². The maximum atomic E-state index is 13.4. The van der Waals surface area contributed by atoms with Crippen LogP contribution < -0.4 is 5.32 Å². The highest BCUT2D eigenvalue weighted by Crippen LogP contribution is 2.12. The lowest BCUT2D eigenvalue weighted by molar-refractivity contribution is -0.124. The number of esters is 1. The molecule has 1 N–H and O–H groups in total. The van der Waals surface area contributed by atoms with Gasteiger partial charge in [0.1, 0.15) is 11.6 Å². The van der Waals surface area contributed by atoms with Crippen LogP contribution in [0.5, 0.6) is 0 Å². The van der Waals surface area contributed by atoms with Gasteiger partial charge < -0.3 is 10.1 Å². The molecule has 0 aliphatic carbocycles. The molecule has 1 atom stereocenters. The maximum Gasteiger partial charge on any atom is 0.341 e. The number of rotatable bonds is 5. The molecule has 0 saturated heterocycles. The van der Waals surface area contributed by atoms with Crippen molar-refractivity contribution in [1.82, 2.24) is 5.32 Å². The van der Waals surface area contributed by atoms with Crippen LogP contribution in [0, 0.1) is 11.6 Å². The number of carbonyl (C=O) groups is 2. The minimum atomic E-state index is -1.09. The van der Waals surface area contributed by atoms with Crippen LogP contribution in [-0.4, -0.2) is 18.5 Å². The highest BCUT2D eigenvalue weighted by molar-refractivity contribution is 5.91. The number of carbonyl (C=O) groups excluding carboxylic acids is 2. The first-order chi connectivity index (χ1) is 11.0. The number of halogens is 2. The lowest BCUT2D eigenvalue weighted by atomic mass is 10.1. The third-order valence-corrected chi connectivity index (χ3v) is 3.16. The molecule has 2 aromatic carbocycles. The minimum Gasteiger partial charge on any atom is -0.452 e. The standard InChI is InChI=1S/C17H15F2NO3/c1-11(12-5-3-2-4-6-12)20-16(21)10-23-17(22)14-9-13(18)7-8-15(14)19/h2-9,11H,10H2,1H3,(H,20,21)/t11-/m0/s1. The summed E-state index contributed by atoms with van der Waals surface area (Å²) in [5.41, 5.74) is 0.345. The lowest BCUT2D eigenvalue weighted by Crippen LogP contribution is -2.31. The van der Waals surface area contributed by atoms with E-state index in [2.05, 4.69) is 5.32 Å². The Bertz CT molecular complexity index is 704.